The van der Waals surface area contributed by atoms with Gasteiger partial charge < -0.3 is 15.0 Å². The third-order valence-electron chi connectivity index (χ3n) is 5.15. The monoisotopic (exact) mass is 352 g/mol. The molecule has 6 heteroatoms. The Kier molecular flexibility index (Phi) is 4.64. The minimum absolute atomic E-state index is 0.157. The maximum absolute atomic E-state index is 13.7. The number of ether oxygens (including phenoxy) is 1. The summed E-state index contributed by atoms with van der Waals surface area (Å²) >= 11 is 0. The van der Waals surface area contributed by atoms with Crippen LogP contribution in [0.25, 0.3) is 0 Å². The second-order valence-corrected chi connectivity index (χ2v) is 8.32. The third kappa shape index (κ3) is 4.05. The number of carbonyl (C=O) groups excluding carboxylic acids is 1. The molecular formula is C19H26F2N2O2. The highest BCUT2D eigenvalue weighted by molar-refractivity contribution is 5.68. The van der Waals surface area contributed by atoms with Crippen molar-refractivity contribution in [2.75, 3.05) is 18.4 Å². The van der Waals surface area contributed by atoms with Gasteiger partial charge >= 0.3 is 6.09 Å². The van der Waals surface area contributed by atoms with Gasteiger partial charge in [-0.3, -0.25) is 0 Å². The molecule has 1 spiro atoms. The van der Waals surface area contributed by atoms with E-state index in [1.807, 2.05) is 20.8 Å². The molecular weight excluding hydrogens is 326 g/mol. The molecule has 1 aromatic rings. The molecule has 0 aromatic heterocycles. The molecule has 1 aliphatic carbocycles. The predicted molar refractivity (Wildman–Crippen MR) is 92.5 cm³/mol. The number of anilines is 1. The van der Waals surface area contributed by atoms with E-state index in [4.69, 9.17) is 4.74 Å². The van der Waals surface area contributed by atoms with E-state index in [1.165, 1.54) is 6.07 Å². The van der Waals surface area contributed by atoms with Crippen molar-refractivity contribution in [1.29, 1.82) is 0 Å². The van der Waals surface area contributed by atoms with Gasteiger partial charge in [0.05, 0.1) is 5.69 Å². The number of carbonyl (C=O) groups is 1. The van der Waals surface area contributed by atoms with E-state index in [1.54, 1.807) is 11.0 Å². The zero-order chi connectivity index (χ0) is 18.2. The van der Waals surface area contributed by atoms with Gasteiger partial charge in [0.25, 0.3) is 0 Å². The molecule has 0 atom stereocenters. The van der Waals surface area contributed by atoms with Gasteiger partial charge in [0, 0.05) is 19.1 Å². The zero-order valence-corrected chi connectivity index (χ0v) is 15.1. The highest BCUT2D eigenvalue weighted by Crippen LogP contribution is 2.50. The number of amides is 1. The van der Waals surface area contributed by atoms with E-state index in [0.29, 0.717) is 13.1 Å². The number of nitrogens with one attached hydrogen (secondary N) is 1. The molecule has 1 saturated heterocycles. The van der Waals surface area contributed by atoms with E-state index < -0.39 is 17.2 Å². The Balaban J connectivity index is 1.48. The van der Waals surface area contributed by atoms with Crippen molar-refractivity contribution >= 4 is 11.8 Å². The smallest absolute Gasteiger partial charge is 0.410 e. The van der Waals surface area contributed by atoms with E-state index in [-0.39, 0.29) is 23.2 Å². The predicted octanol–water partition coefficient (Wildman–Crippen LogP) is 4.56. The summed E-state index contributed by atoms with van der Waals surface area (Å²) in [5.74, 6) is -1.65. The molecule has 0 unspecified atom stereocenters. The number of piperidine rings is 1. The molecule has 2 fully saturated rings. The molecule has 4 nitrogen and oxygen atoms in total. The molecule has 1 aliphatic heterocycles. The maximum Gasteiger partial charge on any atom is 0.410 e. The van der Waals surface area contributed by atoms with Crippen LogP contribution in [-0.2, 0) is 4.74 Å². The summed E-state index contributed by atoms with van der Waals surface area (Å²) in [6, 6.07) is 4.35. The Morgan fingerprint density at radius 2 is 1.88 bits per heavy atom. The Morgan fingerprint density at radius 1 is 1.24 bits per heavy atom. The maximum atomic E-state index is 13.7. The van der Waals surface area contributed by atoms with Crippen molar-refractivity contribution in [3.05, 3.63) is 29.8 Å². The molecule has 25 heavy (non-hydrogen) atoms. The highest BCUT2D eigenvalue weighted by Gasteiger charge is 2.46. The fraction of sp³-hybridized carbons (Fsp3) is 0.632. The lowest BCUT2D eigenvalue weighted by molar-refractivity contribution is -0.00863. The van der Waals surface area contributed by atoms with Crippen molar-refractivity contribution < 1.29 is 18.3 Å². The first kappa shape index (κ1) is 18.0. The van der Waals surface area contributed by atoms with Crippen LogP contribution >= 0.6 is 0 Å². The topological polar surface area (TPSA) is 41.6 Å². The molecule has 0 bridgehead atoms. The van der Waals surface area contributed by atoms with E-state index >= 15 is 0 Å². The molecule has 1 saturated carbocycles. The summed E-state index contributed by atoms with van der Waals surface area (Å²) in [4.78, 5) is 13.9. The van der Waals surface area contributed by atoms with Crippen LogP contribution in [0.1, 0.15) is 46.5 Å². The minimum Gasteiger partial charge on any atom is -0.444 e. The molecule has 2 aliphatic rings. The second-order valence-electron chi connectivity index (χ2n) is 8.32. The molecule has 138 valence electrons. The highest BCUT2D eigenvalue weighted by atomic mass is 19.2. The molecule has 1 aromatic carbocycles. The number of hydrogen-bond acceptors (Lipinski definition) is 3. The van der Waals surface area contributed by atoms with Crippen molar-refractivity contribution in [1.82, 2.24) is 4.90 Å². The standard InChI is InChI=1S/C19H26F2N2O2/c1-18(2,3)25-17(24)23-9-7-19(8-10-23)11-13(12-19)22-15-6-4-5-14(20)16(15)21/h4-6,13,22H,7-12H2,1-3H3. The van der Waals surface area contributed by atoms with Crippen LogP contribution in [0.4, 0.5) is 19.3 Å². The number of nitrogens with zero attached hydrogens (tertiary/aromatic N) is 1. The second kappa shape index (κ2) is 6.46. The summed E-state index contributed by atoms with van der Waals surface area (Å²) in [5, 5.41) is 3.10. The molecule has 1 heterocycles. The number of halogens is 2. The first-order valence-electron chi connectivity index (χ1n) is 8.86. The summed E-state index contributed by atoms with van der Waals surface area (Å²) in [6.07, 6.45) is 3.45. The first-order valence-corrected chi connectivity index (χ1v) is 8.86. The van der Waals surface area contributed by atoms with Crippen LogP contribution in [0.5, 0.6) is 0 Å². The SMILES string of the molecule is CC(C)(C)OC(=O)N1CCC2(CC1)CC(Nc1cccc(F)c1F)C2. The molecule has 1 N–H and O–H groups in total. The molecule has 1 amide bonds. The van der Waals surface area contributed by atoms with Crippen molar-refractivity contribution in [2.45, 2.75) is 58.1 Å². The summed E-state index contributed by atoms with van der Waals surface area (Å²) in [6.45, 7) is 6.98. The first-order chi connectivity index (χ1) is 11.7. The Hall–Kier alpha value is -1.85. The van der Waals surface area contributed by atoms with E-state index in [9.17, 15) is 13.6 Å². The third-order valence-corrected chi connectivity index (χ3v) is 5.15. The van der Waals surface area contributed by atoms with Crippen LogP contribution in [-0.4, -0.2) is 35.7 Å². The quantitative estimate of drug-likeness (QED) is 0.848. The van der Waals surface area contributed by atoms with Crippen LogP contribution in [0.2, 0.25) is 0 Å². The van der Waals surface area contributed by atoms with Gasteiger partial charge in [-0.15, -0.1) is 0 Å². The fourth-order valence-corrected chi connectivity index (χ4v) is 3.82. The Labute approximate surface area is 147 Å². The fourth-order valence-electron chi connectivity index (χ4n) is 3.82. The van der Waals surface area contributed by atoms with Crippen molar-refractivity contribution in [3.63, 3.8) is 0 Å². The van der Waals surface area contributed by atoms with Crippen LogP contribution in [0, 0.1) is 17.0 Å². The Morgan fingerprint density at radius 3 is 2.48 bits per heavy atom. The van der Waals surface area contributed by atoms with Gasteiger partial charge in [-0.1, -0.05) is 6.07 Å². The lowest BCUT2D eigenvalue weighted by atomic mass is 9.60. The van der Waals surface area contributed by atoms with Crippen LogP contribution in [0.3, 0.4) is 0 Å². The van der Waals surface area contributed by atoms with Crippen molar-refractivity contribution in [3.8, 4) is 0 Å². The van der Waals surface area contributed by atoms with E-state index in [2.05, 4.69) is 5.32 Å². The van der Waals surface area contributed by atoms with Gasteiger partial charge in [-0.2, -0.15) is 0 Å². The number of likely N-dealkylation sites (tertiary alicyclic amines) is 1. The van der Waals surface area contributed by atoms with Gasteiger partial charge in [0.1, 0.15) is 5.60 Å². The Bertz CT molecular complexity index is 641. The van der Waals surface area contributed by atoms with Gasteiger partial charge in [-0.25, -0.2) is 13.6 Å². The number of benzene rings is 1. The average Bonchev–Trinajstić information content (AvgIpc) is 2.49. The number of hydrogen-bond donors (Lipinski definition) is 1. The lowest BCUT2D eigenvalue weighted by Gasteiger charge is -2.52. The summed E-state index contributed by atoms with van der Waals surface area (Å²) < 4.78 is 32.4. The summed E-state index contributed by atoms with van der Waals surface area (Å²) in [7, 11) is 0. The van der Waals surface area contributed by atoms with Gasteiger partial charge in [-0.05, 0) is 64.0 Å². The normalized spacial score (nSPS) is 20.3. The average molecular weight is 352 g/mol. The molecule has 0 radical (unpaired) electrons. The lowest BCUT2D eigenvalue weighted by Crippen LogP contribution is -2.53. The molecule has 3 rings (SSSR count). The minimum atomic E-state index is -0.829. The van der Waals surface area contributed by atoms with Crippen LogP contribution in [0.15, 0.2) is 18.2 Å². The number of rotatable bonds is 2. The summed E-state index contributed by atoms with van der Waals surface area (Å²) in [5.41, 5.74) is -0.0433. The largest absolute Gasteiger partial charge is 0.444 e. The van der Waals surface area contributed by atoms with E-state index in [0.717, 1.165) is 31.7 Å². The van der Waals surface area contributed by atoms with Gasteiger partial charge in [0.15, 0.2) is 11.6 Å². The van der Waals surface area contributed by atoms with Crippen LogP contribution < -0.4 is 5.32 Å². The van der Waals surface area contributed by atoms with Crippen molar-refractivity contribution in [2.24, 2.45) is 5.41 Å². The van der Waals surface area contributed by atoms with Gasteiger partial charge in [0.2, 0.25) is 0 Å². The zero-order valence-electron chi connectivity index (χ0n) is 15.1.